The topological polar surface area (TPSA) is 55.4 Å². The number of aryl methyl sites for hydroxylation is 1. The fraction of sp³-hybridized carbons (Fsp3) is 0.429. The summed E-state index contributed by atoms with van der Waals surface area (Å²) >= 11 is 0. The number of rotatable bonds is 6. The Hall–Kier alpha value is -1.84. The van der Waals surface area contributed by atoms with Gasteiger partial charge in [0.2, 0.25) is 5.91 Å². The van der Waals surface area contributed by atoms with Gasteiger partial charge in [-0.1, -0.05) is 37.3 Å². The monoisotopic (exact) mass is 249 g/mol. The highest BCUT2D eigenvalue weighted by atomic mass is 16.5. The fourth-order valence-corrected chi connectivity index (χ4v) is 1.64. The molecule has 4 nitrogen and oxygen atoms in total. The number of benzene rings is 1. The second-order valence-electron chi connectivity index (χ2n) is 4.04. The van der Waals surface area contributed by atoms with Gasteiger partial charge in [0.25, 0.3) is 0 Å². The zero-order valence-corrected chi connectivity index (χ0v) is 10.8. The minimum Gasteiger partial charge on any atom is -0.467 e. The van der Waals surface area contributed by atoms with Crippen LogP contribution in [0.2, 0.25) is 0 Å². The third kappa shape index (κ3) is 4.57. The molecule has 0 spiro atoms. The summed E-state index contributed by atoms with van der Waals surface area (Å²) in [5.41, 5.74) is 1.11. The second kappa shape index (κ2) is 7.48. The predicted molar refractivity (Wildman–Crippen MR) is 69.0 cm³/mol. The summed E-state index contributed by atoms with van der Waals surface area (Å²) in [5, 5.41) is 2.67. The van der Waals surface area contributed by atoms with E-state index in [4.69, 9.17) is 0 Å². The van der Waals surface area contributed by atoms with Gasteiger partial charge < -0.3 is 10.1 Å². The smallest absolute Gasteiger partial charge is 0.328 e. The zero-order chi connectivity index (χ0) is 13.4. The van der Waals surface area contributed by atoms with E-state index in [0.717, 1.165) is 5.56 Å². The standard InChI is InChI=1S/C14H19NO3/c1-3-12(14(17)18-2)15-13(16)10-9-11-7-5-4-6-8-11/h4-8,12H,3,9-10H2,1-2H3,(H,15,16)/t12-/m0/s1. The Labute approximate surface area is 107 Å². The molecule has 0 aliphatic heterocycles. The first-order valence-electron chi connectivity index (χ1n) is 6.08. The van der Waals surface area contributed by atoms with Gasteiger partial charge in [-0.2, -0.15) is 0 Å². The van der Waals surface area contributed by atoms with E-state index in [1.54, 1.807) is 0 Å². The highest BCUT2D eigenvalue weighted by molar-refractivity contribution is 5.84. The Morgan fingerprint density at radius 3 is 2.50 bits per heavy atom. The highest BCUT2D eigenvalue weighted by Gasteiger charge is 2.18. The molecule has 0 fully saturated rings. The van der Waals surface area contributed by atoms with Gasteiger partial charge in [-0.25, -0.2) is 4.79 Å². The molecule has 1 aromatic carbocycles. The maximum Gasteiger partial charge on any atom is 0.328 e. The molecular weight excluding hydrogens is 230 g/mol. The molecule has 4 heteroatoms. The first-order valence-corrected chi connectivity index (χ1v) is 6.08. The third-order valence-corrected chi connectivity index (χ3v) is 2.71. The van der Waals surface area contributed by atoms with Crippen molar-refractivity contribution in [2.45, 2.75) is 32.2 Å². The lowest BCUT2D eigenvalue weighted by Crippen LogP contribution is -2.41. The van der Waals surface area contributed by atoms with Crippen LogP contribution in [0.25, 0.3) is 0 Å². The van der Waals surface area contributed by atoms with E-state index < -0.39 is 12.0 Å². The van der Waals surface area contributed by atoms with Crippen LogP contribution in [0.1, 0.15) is 25.3 Å². The van der Waals surface area contributed by atoms with E-state index in [2.05, 4.69) is 10.1 Å². The first-order chi connectivity index (χ1) is 8.67. The molecule has 1 N–H and O–H groups in total. The van der Waals surface area contributed by atoms with E-state index in [9.17, 15) is 9.59 Å². The third-order valence-electron chi connectivity index (χ3n) is 2.71. The van der Waals surface area contributed by atoms with Crippen molar-refractivity contribution in [1.29, 1.82) is 0 Å². The average molecular weight is 249 g/mol. The van der Waals surface area contributed by atoms with Gasteiger partial charge >= 0.3 is 5.97 Å². The number of carbonyl (C=O) groups is 2. The van der Waals surface area contributed by atoms with Crippen molar-refractivity contribution in [3.05, 3.63) is 35.9 Å². The van der Waals surface area contributed by atoms with Gasteiger partial charge in [0, 0.05) is 6.42 Å². The molecular formula is C14H19NO3. The molecule has 0 radical (unpaired) electrons. The minimum absolute atomic E-state index is 0.129. The van der Waals surface area contributed by atoms with E-state index >= 15 is 0 Å². The summed E-state index contributed by atoms with van der Waals surface area (Å²) in [4.78, 5) is 23.0. The first kappa shape index (κ1) is 14.2. The molecule has 0 aliphatic carbocycles. The average Bonchev–Trinajstić information content (AvgIpc) is 2.42. The van der Waals surface area contributed by atoms with Crippen LogP contribution in [0.4, 0.5) is 0 Å². The minimum atomic E-state index is -0.543. The normalized spacial score (nSPS) is 11.7. The fourth-order valence-electron chi connectivity index (χ4n) is 1.64. The molecule has 0 unspecified atom stereocenters. The Balaban J connectivity index is 2.39. The zero-order valence-electron chi connectivity index (χ0n) is 10.8. The Kier molecular flexibility index (Phi) is 5.91. The second-order valence-corrected chi connectivity index (χ2v) is 4.04. The predicted octanol–water partition coefficient (Wildman–Crippen LogP) is 1.69. The van der Waals surface area contributed by atoms with Crippen molar-refractivity contribution >= 4 is 11.9 Å². The molecule has 0 bridgehead atoms. The number of methoxy groups -OCH3 is 1. The molecule has 0 aromatic heterocycles. The van der Waals surface area contributed by atoms with Crippen LogP contribution in [-0.2, 0) is 20.7 Å². The number of hydrogen-bond donors (Lipinski definition) is 1. The SMILES string of the molecule is CC[C@H](NC(=O)CCc1ccccc1)C(=O)OC. The molecule has 0 saturated carbocycles. The molecule has 98 valence electrons. The molecule has 0 heterocycles. The van der Waals surface area contributed by atoms with Crippen molar-refractivity contribution in [3.8, 4) is 0 Å². The number of ether oxygens (including phenoxy) is 1. The van der Waals surface area contributed by atoms with Crippen LogP contribution in [-0.4, -0.2) is 25.0 Å². The largest absolute Gasteiger partial charge is 0.467 e. The van der Waals surface area contributed by atoms with Crippen LogP contribution >= 0.6 is 0 Å². The Morgan fingerprint density at radius 1 is 1.28 bits per heavy atom. The summed E-state index contributed by atoms with van der Waals surface area (Å²) in [6.45, 7) is 1.83. The van der Waals surface area contributed by atoms with E-state index in [1.165, 1.54) is 7.11 Å². The van der Waals surface area contributed by atoms with Gasteiger partial charge in [-0.3, -0.25) is 4.79 Å². The van der Waals surface area contributed by atoms with Crippen LogP contribution in [0.3, 0.4) is 0 Å². The Morgan fingerprint density at radius 2 is 1.94 bits per heavy atom. The molecule has 0 aliphatic rings. The number of carbonyl (C=O) groups excluding carboxylic acids is 2. The maximum atomic E-state index is 11.7. The number of hydrogen-bond acceptors (Lipinski definition) is 3. The summed E-state index contributed by atoms with van der Waals surface area (Å²) < 4.78 is 4.61. The molecule has 1 atom stereocenters. The molecule has 18 heavy (non-hydrogen) atoms. The van der Waals surface area contributed by atoms with Gasteiger partial charge in [-0.15, -0.1) is 0 Å². The van der Waals surface area contributed by atoms with Crippen LogP contribution in [0.5, 0.6) is 0 Å². The maximum absolute atomic E-state index is 11.7. The summed E-state index contributed by atoms with van der Waals surface area (Å²) in [6.07, 6.45) is 1.57. The van der Waals surface area contributed by atoms with E-state index in [1.807, 2.05) is 37.3 Å². The lowest BCUT2D eigenvalue weighted by Gasteiger charge is -2.14. The lowest BCUT2D eigenvalue weighted by atomic mass is 10.1. The molecule has 1 rings (SSSR count). The van der Waals surface area contributed by atoms with Crippen molar-refractivity contribution in [2.75, 3.05) is 7.11 Å². The molecule has 1 aromatic rings. The summed E-state index contributed by atoms with van der Waals surface area (Å²) in [5.74, 6) is -0.526. The summed E-state index contributed by atoms with van der Waals surface area (Å²) in [6, 6.07) is 9.23. The van der Waals surface area contributed by atoms with Crippen molar-refractivity contribution in [2.24, 2.45) is 0 Å². The van der Waals surface area contributed by atoms with Crippen molar-refractivity contribution in [1.82, 2.24) is 5.32 Å². The van der Waals surface area contributed by atoms with Gasteiger partial charge in [-0.05, 0) is 18.4 Å². The van der Waals surface area contributed by atoms with Gasteiger partial charge in [0.05, 0.1) is 7.11 Å². The van der Waals surface area contributed by atoms with Crippen molar-refractivity contribution in [3.63, 3.8) is 0 Å². The van der Waals surface area contributed by atoms with Crippen LogP contribution < -0.4 is 5.32 Å². The number of esters is 1. The number of nitrogens with one attached hydrogen (secondary N) is 1. The van der Waals surface area contributed by atoms with E-state index in [-0.39, 0.29) is 5.91 Å². The quantitative estimate of drug-likeness (QED) is 0.780. The van der Waals surface area contributed by atoms with Crippen molar-refractivity contribution < 1.29 is 14.3 Å². The Bertz CT molecular complexity index is 389. The summed E-state index contributed by atoms with van der Waals surface area (Å²) in [7, 11) is 1.32. The van der Waals surface area contributed by atoms with Crippen LogP contribution in [0, 0.1) is 0 Å². The lowest BCUT2D eigenvalue weighted by molar-refractivity contribution is -0.145. The molecule has 0 saturated heterocycles. The highest BCUT2D eigenvalue weighted by Crippen LogP contribution is 2.03. The van der Waals surface area contributed by atoms with Gasteiger partial charge in [0.1, 0.15) is 6.04 Å². The van der Waals surface area contributed by atoms with Gasteiger partial charge in [0.15, 0.2) is 0 Å². The van der Waals surface area contributed by atoms with Crippen LogP contribution in [0.15, 0.2) is 30.3 Å². The number of amides is 1. The van der Waals surface area contributed by atoms with E-state index in [0.29, 0.717) is 19.3 Å². The molecule has 1 amide bonds.